The topological polar surface area (TPSA) is 114 Å². The number of hydrogen-bond acceptors (Lipinski definition) is 4. The molecule has 30 heavy (non-hydrogen) atoms. The Morgan fingerprint density at radius 3 is 2.53 bits per heavy atom. The highest BCUT2D eigenvalue weighted by atomic mass is 35.5. The van der Waals surface area contributed by atoms with Crippen LogP contribution in [0.2, 0.25) is 5.02 Å². The van der Waals surface area contributed by atoms with Crippen molar-refractivity contribution in [1.82, 2.24) is 10.2 Å². The highest BCUT2D eigenvalue weighted by molar-refractivity contribution is 6.31. The van der Waals surface area contributed by atoms with E-state index in [1.165, 1.54) is 17.0 Å². The molecule has 164 valence electrons. The average Bonchev–Trinajstić information content (AvgIpc) is 2.62. The molecule has 0 aromatic heterocycles. The fourth-order valence-corrected chi connectivity index (χ4v) is 3.20. The van der Waals surface area contributed by atoms with E-state index in [0.29, 0.717) is 0 Å². The molecule has 1 atom stereocenters. The molecule has 0 fully saturated rings. The average molecular weight is 442 g/mol. The third kappa shape index (κ3) is 5.91. The molecule has 1 aromatic carbocycles. The first-order chi connectivity index (χ1) is 13.9. The second-order valence-electron chi connectivity index (χ2n) is 8.05. The van der Waals surface area contributed by atoms with Gasteiger partial charge in [0.15, 0.2) is 0 Å². The van der Waals surface area contributed by atoms with Gasteiger partial charge in [-0.15, -0.1) is 0 Å². The largest absolute Gasteiger partial charge is 0.398 e. The molecule has 2 rings (SSSR count). The van der Waals surface area contributed by atoms with Gasteiger partial charge >= 0.3 is 6.03 Å². The van der Waals surface area contributed by atoms with Crippen LogP contribution in [-0.2, 0) is 4.79 Å². The van der Waals surface area contributed by atoms with Crippen LogP contribution >= 0.6 is 11.6 Å². The number of amides is 3. The predicted molar refractivity (Wildman–Crippen MR) is 113 cm³/mol. The summed E-state index contributed by atoms with van der Waals surface area (Å²) >= 11 is 5.82. The van der Waals surface area contributed by atoms with Crippen molar-refractivity contribution in [2.45, 2.75) is 38.8 Å². The van der Waals surface area contributed by atoms with Crippen molar-refractivity contribution in [2.24, 2.45) is 16.5 Å². The Balaban J connectivity index is 2.49. The Morgan fingerprint density at radius 1 is 1.33 bits per heavy atom. The van der Waals surface area contributed by atoms with E-state index in [-0.39, 0.29) is 53.1 Å². The third-order valence-electron chi connectivity index (χ3n) is 4.36. The van der Waals surface area contributed by atoms with Crippen molar-refractivity contribution in [3.05, 3.63) is 40.2 Å². The quantitative estimate of drug-likeness (QED) is 0.610. The van der Waals surface area contributed by atoms with Gasteiger partial charge in [-0.1, -0.05) is 11.6 Å². The van der Waals surface area contributed by atoms with Crippen LogP contribution in [0.25, 0.3) is 5.70 Å². The van der Waals surface area contributed by atoms with Gasteiger partial charge in [-0.3, -0.25) is 14.2 Å². The van der Waals surface area contributed by atoms with E-state index >= 15 is 0 Å². The van der Waals surface area contributed by atoms with Gasteiger partial charge in [0.05, 0.1) is 41.3 Å². The van der Waals surface area contributed by atoms with Crippen LogP contribution in [0.3, 0.4) is 0 Å². The smallest absolute Gasteiger partial charge is 0.318 e. The number of alkyl halides is 1. The van der Waals surface area contributed by atoms with Crippen molar-refractivity contribution in [3.63, 3.8) is 0 Å². The first-order valence-electron chi connectivity index (χ1n) is 9.38. The lowest BCUT2D eigenvalue weighted by Crippen LogP contribution is -2.54. The van der Waals surface area contributed by atoms with E-state index in [2.05, 4.69) is 10.3 Å². The summed E-state index contributed by atoms with van der Waals surface area (Å²) in [5.41, 5.74) is 11.5. The minimum atomic E-state index is -0.872. The van der Waals surface area contributed by atoms with Gasteiger partial charge in [-0.2, -0.15) is 0 Å². The molecule has 5 N–H and O–H groups in total. The van der Waals surface area contributed by atoms with Crippen LogP contribution in [0.15, 0.2) is 28.8 Å². The van der Waals surface area contributed by atoms with Crippen molar-refractivity contribution in [3.8, 4) is 0 Å². The molecule has 0 radical (unpaired) electrons. The molecule has 10 heteroatoms. The molecule has 0 saturated heterocycles. The summed E-state index contributed by atoms with van der Waals surface area (Å²) < 4.78 is 26.5. The van der Waals surface area contributed by atoms with E-state index < -0.39 is 30.0 Å². The number of aliphatic imine (C=N–C) groups is 1. The number of carbonyl (C=O) groups is 2. The summed E-state index contributed by atoms with van der Waals surface area (Å²) in [6, 6.07) is 2.78. The maximum absolute atomic E-state index is 13.5. The summed E-state index contributed by atoms with van der Waals surface area (Å²) in [5, 5.41) is 2.66. The molecular formula is C20H26ClF2N5O2. The zero-order chi connectivity index (χ0) is 22.6. The minimum absolute atomic E-state index is 0.0431. The lowest BCUT2D eigenvalue weighted by molar-refractivity contribution is -0.114. The molecule has 0 aliphatic carbocycles. The summed E-state index contributed by atoms with van der Waals surface area (Å²) in [4.78, 5) is 30.8. The molecule has 1 aliphatic heterocycles. The van der Waals surface area contributed by atoms with Gasteiger partial charge in [0, 0.05) is 12.1 Å². The van der Waals surface area contributed by atoms with Crippen LogP contribution in [0.1, 0.15) is 32.8 Å². The number of hydrogen-bond donors (Lipinski definition) is 3. The maximum atomic E-state index is 13.5. The highest BCUT2D eigenvalue weighted by Crippen LogP contribution is 2.23. The zero-order valence-electron chi connectivity index (χ0n) is 17.1. The molecule has 0 saturated carbocycles. The normalized spacial score (nSPS) is 17.9. The van der Waals surface area contributed by atoms with Gasteiger partial charge in [-0.25, -0.2) is 9.18 Å². The number of urea groups is 1. The minimum Gasteiger partial charge on any atom is -0.398 e. The fraction of sp³-hybridized carbons (Fsp3) is 0.450. The number of benzene rings is 1. The number of nitrogens with zero attached hydrogens (tertiary/aromatic N) is 2. The second-order valence-corrected chi connectivity index (χ2v) is 8.46. The first kappa shape index (κ1) is 23.6. The summed E-state index contributed by atoms with van der Waals surface area (Å²) in [6.07, 6.45) is 0.0666. The Kier molecular flexibility index (Phi) is 7.41. The number of nitrogens with one attached hydrogen (secondary N) is 1. The molecule has 0 bridgehead atoms. The zero-order valence-corrected chi connectivity index (χ0v) is 17.9. The Morgan fingerprint density at radius 2 is 2.00 bits per heavy atom. The van der Waals surface area contributed by atoms with E-state index in [1.54, 1.807) is 0 Å². The van der Waals surface area contributed by atoms with Crippen molar-refractivity contribution in [1.29, 1.82) is 0 Å². The molecule has 1 unspecified atom stereocenters. The monoisotopic (exact) mass is 441 g/mol. The predicted octanol–water partition coefficient (Wildman–Crippen LogP) is 2.63. The first-order valence-corrected chi connectivity index (χ1v) is 9.75. The number of rotatable bonds is 5. The van der Waals surface area contributed by atoms with Crippen LogP contribution in [0.5, 0.6) is 0 Å². The van der Waals surface area contributed by atoms with Crippen molar-refractivity contribution < 1.29 is 18.4 Å². The summed E-state index contributed by atoms with van der Waals surface area (Å²) in [5.74, 6) is -1.51. The Bertz CT molecular complexity index is 896. The molecule has 1 aliphatic rings. The standard InChI is InChI=1S/C20H26ClF2N5O2/c1-20(2,3)27-19(30)28-9-12(6-7-22)26-15(10-28)16(18(25)29)17(24)11-4-5-14(23)13(21)8-11/h4-5,8,12H,6-7,9-10,24H2,1-3H3,(H2,25,29)(H,27,30). The molecule has 0 spiro atoms. The van der Waals surface area contributed by atoms with Gasteiger partial charge in [0.1, 0.15) is 5.82 Å². The van der Waals surface area contributed by atoms with E-state index in [4.69, 9.17) is 23.1 Å². The maximum Gasteiger partial charge on any atom is 0.318 e. The van der Waals surface area contributed by atoms with Crippen LogP contribution in [0.4, 0.5) is 13.6 Å². The number of nitrogens with two attached hydrogens (primary N) is 2. The molecular weight excluding hydrogens is 416 g/mol. The molecule has 3 amide bonds. The number of halogens is 3. The Hall–Kier alpha value is -2.68. The SMILES string of the molecule is CC(C)(C)NC(=O)N1CC(C(C(N)=O)=C(N)c2ccc(F)c(Cl)c2)=NC(CCF)C1. The highest BCUT2D eigenvalue weighted by Gasteiger charge is 2.31. The summed E-state index contributed by atoms with van der Waals surface area (Å²) in [6.45, 7) is 4.98. The van der Waals surface area contributed by atoms with Crippen LogP contribution in [-0.4, -0.2) is 53.9 Å². The van der Waals surface area contributed by atoms with Crippen LogP contribution in [0, 0.1) is 5.82 Å². The lowest BCUT2D eigenvalue weighted by Gasteiger charge is -2.34. The number of primary amides is 1. The van der Waals surface area contributed by atoms with Gasteiger partial charge in [0.25, 0.3) is 5.91 Å². The van der Waals surface area contributed by atoms with Crippen molar-refractivity contribution in [2.75, 3.05) is 19.8 Å². The van der Waals surface area contributed by atoms with E-state index in [9.17, 15) is 18.4 Å². The molecule has 1 aromatic rings. The van der Waals surface area contributed by atoms with Gasteiger partial charge in [0.2, 0.25) is 0 Å². The van der Waals surface area contributed by atoms with E-state index in [1.807, 2.05) is 20.8 Å². The fourth-order valence-electron chi connectivity index (χ4n) is 3.02. The summed E-state index contributed by atoms with van der Waals surface area (Å²) in [7, 11) is 0. The number of carbonyl (C=O) groups excluding carboxylic acids is 2. The molecule has 7 nitrogen and oxygen atoms in total. The Labute approximate surface area is 179 Å². The molecule has 1 heterocycles. The van der Waals surface area contributed by atoms with Gasteiger partial charge < -0.3 is 21.7 Å². The van der Waals surface area contributed by atoms with Crippen LogP contribution < -0.4 is 16.8 Å². The van der Waals surface area contributed by atoms with E-state index in [0.717, 1.165) is 6.07 Å². The van der Waals surface area contributed by atoms with Crippen molar-refractivity contribution >= 4 is 34.9 Å². The lowest BCUT2D eigenvalue weighted by atomic mass is 9.99. The third-order valence-corrected chi connectivity index (χ3v) is 4.65. The van der Waals surface area contributed by atoms with Gasteiger partial charge in [-0.05, 0) is 51.0 Å². The second kappa shape index (κ2) is 9.42.